The van der Waals surface area contributed by atoms with Crippen molar-refractivity contribution in [2.45, 2.75) is 26.1 Å². The van der Waals surface area contributed by atoms with Crippen LogP contribution in [0.2, 0.25) is 4.34 Å². The molecule has 1 atom stereocenters. The Hall–Kier alpha value is -1.89. The number of nitrogens with zero attached hydrogens (tertiary/aromatic N) is 4. The lowest BCUT2D eigenvalue weighted by Crippen LogP contribution is -2.39. The third-order valence-corrected chi connectivity index (χ3v) is 5.89. The molecule has 31 heavy (non-hydrogen) atoms. The molecule has 3 N–H and O–H groups in total. The molecule has 0 radical (unpaired) electrons. The molecule has 1 unspecified atom stereocenters. The lowest BCUT2D eigenvalue weighted by molar-refractivity contribution is 0.184. The fourth-order valence-electron chi connectivity index (χ4n) is 2.64. The van der Waals surface area contributed by atoms with E-state index in [9.17, 15) is 5.11 Å². The summed E-state index contributed by atoms with van der Waals surface area (Å²) in [5, 5.41) is 25.1. The number of aliphatic imine (C=N–C) groups is 1. The van der Waals surface area contributed by atoms with E-state index in [-0.39, 0.29) is 24.0 Å². The van der Waals surface area contributed by atoms with Gasteiger partial charge in [0.25, 0.3) is 0 Å². The Morgan fingerprint density at radius 1 is 1.23 bits per heavy atom. The molecule has 0 saturated heterocycles. The van der Waals surface area contributed by atoms with Crippen molar-refractivity contribution in [3.05, 3.63) is 62.8 Å². The first-order chi connectivity index (χ1) is 14.5. The van der Waals surface area contributed by atoms with Gasteiger partial charge in [-0.25, -0.2) is 4.99 Å². The molecule has 168 valence electrons. The minimum absolute atomic E-state index is 0. The van der Waals surface area contributed by atoms with Crippen LogP contribution in [-0.2, 0) is 20.1 Å². The minimum atomic E-state index is -0.687. The number of aryl methyl sites for hydroxylation is 1. The maximum Gasteiger partial charge on any atom is 0.192 e. The Morgan fingerprint density at radius 2 is 1.97 bits per heavy atom. The van der Waals surface area contributed by atoms with Crippen LogP contribution in [0, 0.1) is 6.92 Å². The Kier molecular flexibility index (Phi) is 10.0. The van der Waals surface area contributed by atoms with E-state index in [1.807, 2.05) is 48.9 Å². The van der Waals surface area contributed by atoms with E-state index in [0.29, 0.717) is 29.9 Å². The van der Waals surface area contributed by atoms with Crippen molar-refractivity contribution in [1.82, 2.24) is 25.4 Å². The number of thiophene rings is 1. The van der Waals surface area contributed by atoms with Crippen LogP contribution in [-0.4, -0.2) is 39.5 Å². The van der Waals surface area contributed by atoms with Gasteiger partial charge in [0.2, 0.25) is 0 Å². The first-order valence-electron chi connectivity index (χ1n) is 9.39. The van der Waals surface area contributed by atoms with Gasteiger partial charge in [-0.3, -0.25) is 0 Å². The smallest absolute Gasteiger partial charge is 0.192 e. The normalized spacial score (nSPS) is 12.2. The van der Waals surface area contributed by atoms with Gasteiger partial charge in [0.15, 0.2) is 11.8 Å². The van der Waals surface area contributed by atoms with Gasteiger partial charge >= 0.3 is 0 Å². The monoisotopic (exact) mass is 576 g/mol. The molecule has 0 aliphatic rings. The maximum absolute atomic E-state index is 10.4. The van der Waals surface area contributed by atoms with Crippen LogP contribution in [0.25, 0.3) is 0 Å². The second-order valence-corrected chi connectivity index (χ2v) is 8.37. The number of aliphatic hydroxyl groups is 1. The summed E-state index contributed by atoms with van der Waals surface area (Å²) in [6, 6.07) is 11.3. The number of aromatic nitrogens is 3. The molecule has 0 aliphatic heterocycles. The zero-order chi connectivity index (χ0) is 21.5. The van der Waals surface area contributed by atoms with E-state index in [2.05, 4.69) is 25.8 Å². The molecule has 8 nitrogen and oxygen atoms in total. The Bertz CT molecular complexity index is 992. The van der Waals surface area contributed by atoms with E-state index >= 15 is 0 Å². The first kappa shape index (κ1) is 25.4. The van der Waals surface area contributed by atoms with Crippen molar-refractivity contribution in [1.29, 1.82) is 0 Å². The van der Waals surface area contributed by atoms with E-state index in [1.165, 1.54) is 11.3 Å². The highest BCUT2D eigenvalue weighted by Crippen LogP contribution is 2.26. The van der Waals surface area contributed by atoms with Gasteiger partial charge in [-0.1, -0.05) is 23.7 Å². The van der Waals surface area contributed by atoms with Crippen molar-refractivity contribution in [2.24, 2.45) is 12.0 Å². The van der Waals surface area contributed by atoms with Crippen molar-refractivity contribution in [3.8, 4) is 5.75 Å². The van der Waals surface area contributed by atoms with Crippen LogP contribution in [0.5, 0.6) is 5.75 Å². The second-order valence-electron chi connectivity index (χ2n) is 6.63. The lowest BCUT2D eigenvalue weighted by Gasteiger charge is -2.15. The van der Waals surface area contributed by atoms with E-state index in [0.717, 1.165) is 27.8 Å². The number of methoxy groups -OCH3 is 1. The van der Waals surface area contributed by atoms with Crippen molar-refractivity contribution >= 4 is 52.9 Å². The van der Waals surface area contributed by atoms with Crippen LogP contribution < -0.4 is 15.4 Å². The summed E-state index contributed by atoms with van der Waals surface area (Å²) in [5.74, 6) is 2.99. The highest BCUT2D eigenvalue weighted by molar-refractivity contribution is 14.0. The lowest BCUT2D eigenvalue weighted by atomic mass is 10.2. The molecular formula is C20H26ClIN6O2S. The number of hydrogen-bond acceptors (Lipinski definition) is 6. The molecule has 11 heteroatoms. The standard InChI is InChI=1S/C20H25ClN6O2S.HI/c1-13-25-26-19(27(13)2)12-24-20(22-10-14-4-6-15(29-3)7-5-14)23-11-16(28)17-8-9-18(21)30-17;/h4-9,16,28H,10-12H2,1-3H3,(H2,22,23,24);1H. The van der Waals surface area contributed by atoms with Gasteiger partial charge in [0.05, 0.1) is 24.5 Å². The molecule has 0 bridgehead atoms. The van der Waals surface area contributed by atoms with Gasteiger partial charge in [-0.2, -0.15) is 0 Å². The Labute approximate surface area is 207 Å². The average molecular weight is 577 g/mol. The highest BCUT2D eigenvalue weighted by Gasteiger charge is 2.12. The second kappa shape index (κ2) is 12.2. The van der Waals surface area contributed by atoms with E-state index in [1.54, 1.807) is 13.2 Å². The summed E-state index contributed by atoms with van der Waals surface area (Å²) in [6.45, 7) is 3.11. The molecule has 0 saturated carbocycles. The third-order valence-electron chi connectivity index (χ3n) is 4.56. The summed E-state index contributed by atoms with van der Waals surface area (Å²) in [5.41, 5.74) is 1.04. The molecule has 2 aromatic heterocycles. The molecular weight excluding hydrogens is 551 g/mol. The van der Waals surface area contributed by atoms with Crippen molar-refractivity contribution in [3.63, 3.8) is 0 Å². The zero-order valence-electron chi connectivity index (χ0n) is 17.5. The zero-order valence-corrected chi connectivity index (χ0v) is 21.4. The van der Waals surface area contributed by atoms with Gasteiger partial charge in [-0.05, 0) is 36.8 Å². The van der Waals surface area contributed by atoms with Gasteiger partial charge in [0, 0.05) is 18.5 Å². The number of guanidine groups is 1. The third kappa shape index (κ3) is 7.34. The molecule has 1 aromatic carbocycles. The number of benzene rings is 1. The summed E-state index contributed by atoms with van der Waals surface area (Å²) < 4.78 is 7.75. The number of rotatable bonds is 8. The van der Waals surface area contributed by atoms with Crippen molar-refractivity contribution in [2.75, 3.05) is 13.7 Å². The van der Waals surface area contributed by atoms with Gasteiger partial charge in [0.1, 0.15) is 17.7 Å². The van der Waals surface area contributed by atoms with Crippen LogP contribution >= 0.6 is 46.9 Å². The quantitative estimate of drug-likeness (QED) is 0.216. The Balaban J connectivity index is 0.00000341. The summed E-state index contributed by atoms with van der Waals surface area (Å²) in [6.07, 6.45) is -0.687. The Morgan fingerprint density at radius 3 is 2.55 bits per heavy atom. The molecule has 2 heterocycles. The van der Waals surface area contributed by atoms with Gasteiger partial charge < -0.3 is 25.0 Å². The number of ether oxygens (including phenoxy) is 1. The molecule has 0 aliphatic carbocycles. The fourth-order valence-corrected chi connectivity index (χ4v) is 3.69. The average Bonchev–Trinajstić information content (AvgIpc) is 3.33. The number of hydrogen-bond donors (Lipinski definition) is 3. The molecule has 0 spiro atoms. The molecule has 3 aromatic rings. The van der Waals surface area contributed by atoms with Crippen LogP contribution in [0.1, 0.15) is 28.2 Å². The summed E-state index contributed by atoms with van der Waals surface area (Å²) >= 11 is 7.33. The summed E-state index contributed by atoms with van der Waals surface area (Å²) in [7, 11) is 3.55. The van der Waals surface area contributed by atoms with E-state index in [4.69, 9.17) is 16.3 Å². The van der Waals surface area contributed by atoms with Crippen molar-refractivity contribution < 1.29 is 9.84 Å². The number of aliphatic hydroxyl groups excluding tert-OH is 1. The van der Waals surface area contributed by atoms with Crippen LogP contribution in [0.4, 0.5) is 0 Å². The molecule has 0 fully saturated rings. The van der Waals surface area contributed by atoms with E-state index < -0.39 is 6.10 Å². The predicted molar refractivity (Wildman–Crippen MR) is 134 cm³/mol. The molecule has 3 rings (SSSR count). The predicted octanol–water partition coefficient (Wildman–Crippen LogP) is 3.43. The SMILES string of the molecule is COc1ccc(CN=C(NCc2nnc(C)n2C)NCC(O)c2ccc(Cl)s2)cc1.I. The fraction of sp³-hybridized carbons (Fsp3) is 0.350. The first-order valence-corrected chi connectivity index (χ1v) is 10.6. The maximum atomic E-state index is 10.4. The number of nitrogens with one attached hydrogen (secondary N) is 2. The summed E-state index contributed by atoms with van der Waals surface area (Å²) in [4.78, 5) is 5.43. The van der Waals surface area contributed by atoms with Gasteiger partial charge in [-0.15, -0.1) is 45.5 Å². The largest absolute Gasteiger partial charge is 0.497 e. The molecule has 0 amide bonds. The number of halogens is 2. The van der Waals surface area contributed by atoms with Crippen LogP contribution in [0.3, 0.4) is 0 Å². The minimum Gasteiger partial charge on any atom is -0.497 e. The topological polar surface area (TPSA) is 96.6 Å². The highest BCUT2D eigenvalue weighted by atomic mass is 127. The van der Waals surface area contributed by atoms with Crippen LogP contribution in [0.15, 0.2) is 41.4 Å².